The molecule has 3 atom stereocenters. The smallest absolute Gasteiger partial charge is 0.238 e. The Kier molecular flexibility index (Phi) is 4.76. The van der Waals surface area contributed by atoms with Gasteiger partial charge in [0.05, 0.1) is 6.04 Å². The lowest BCUT2D eigenvalue weighted by molar-refractivity contribution is -0.123. The van der Waals surface area contributed by atoms with Gasteiger partial charge in [0.1, 0.15) is 17.6 Å². The number of amides is 1. The minimum atomic E-state index is -0.342. The number of aryl methyl sites for hydroxylation is 1. The number of carbonyl (C=O) groups excluding carboxylic acids is 2. The summed E-state index contributed by atoms with van der Waals surface area (Å²) in [6.45, 7) is 2.14. The second-order valence-electron chi connectivity index (χ2n) is 6.25. The number of Topliss-reactive ketones (excluding diaryl/α,β-unsaturated/α-hetero) is 1. The third kappa shape index (κ3) is 3.38. The number of carbonyl (C=O) groups is 2. The van der Waals surface area contributed by atoms with Crippen LogP contribution in [0.2, 0.25) is 0 Å². The minimum Gasteiger partial charge on any atom is -0.341 e. The molecule has 1 fully saturated rings. The number of rotatable bonds is 5. The predicted molar refractivity (Wildman–Crippen MR) is 90.2 cm³/mol. The summed E-state index contributed by atoms with van der Waals surface area (Å²) < 4.78 is 1.90. The van der Waals surface area contributed by atoms with Crippen LogP contribution in [0, 0.1) is 5.92 Å². The van der Waals surface area contributed by atoms with Gasteiger partial charge in [-0.15, -0.1) is 0 Å². The Hall–Kier alpha value is -2.47. The van der Waals surface area contributed by atoms with Crippen LogP contribution in [0.3, 0.4) is 0 Å². The summed E-state index contributed by atoms with van der Waals surface area (Å²) in [7, 11) is 1.91. The second kappa shape index (κ2) is 6.97. The lowest BCUT2D eigenvalue weighted by atomic mass is 10.0. The highest BCUT2D eigenvalue weighted by atomic mass is 16.2. The number of nitrogens with zero attached hydrogens (tertiary/aromatic N) is 2. The molecule has 126 valence electrons. The highest BCUT2D eigenvalue weighted by Gasteiger charge is 2.33. The van der Waals surface area contributed by atoms with Gasteiger partial charge in [0.15, 0.2) is 0 Å². The number of aromatic nitrogens is 2. The largest absolute Gasteiger partial charge is 0.341 e. The van der Waals surface area contributed by atoms with E-state index in [1.54, 1.807) is 13.1 Å². The van der Waals surface area contributed by atoms with Gasteiger partial charge in [-0.2, -0.15) is 0 Å². The molecule has 24 heavy (non-hydrogen) atoms. The number of hydrogen-bond donors (Lipinski definition) is 2. The van der Waals surface area contributed by atoms with Gasteiger partial charge in [0.25, 0.3) is 0 Å². The molecule has 1 aromatic carbocycles. The van der Waals surface area contributed by atoms with E-state index in [2.05, 4.69) is 15.6 Å². The Bertz CT molecular complexity index is 726. The molecule has 1 aliphatic rings. The third-order valence-corrected chi connectivity index (χ3v) is 4.56. The van der Waals surface area contributed by atoms with Crippen molar-refractivity contribution < 1.29 is 9.59 Å². The van der Waals surface area contributed by atoms with Crippen LogP contribution in [0.15, 0.2) is 42.7 Å². The fourth-order valence-electron chi connectivity index (χ4n) is 3.09. The van der Waals surface area contributed by atoms with Gasteiger partial charge in [-0.3, -0.25) is 9.59 Å². The molecule has 0 bridgehead atoms. The van der Waals surface area contributed by atoms with Crippen LogP contribution in [0.25, 0.3) is 0 Å². The Balaban J connectivity index is 1.79. The molecule has 1 amide bonds. The van der Waals surface area contributed by atoms with Gasteiger partial charge in [0.2, 0.25) is 5.91 Å². The predicted octanol–water partition coefficient (Wildman–Crippen LogP) is 1.19. The average molecular weight is 326 g/mol. The van der Waals surface area contributed by atoms with E-state index in [9.17, 15) is 9.59 Å². The third-order valence-electron chi connectivity index (χ3n) is 4.56. The van der Waals surface area contributed by atoms with Crippen LogP contribution in [-0.4, -0.2) is 33.8 Å². The summed E-state index contributed by atoms with van der Waals surface area (Å²) in [4.78, 5) is 28.6. The number of nitrogens with one attached hydrogen (secondary N) is 2. The van der Waals surface area contributed by atoms with Crippen molar-refractivity contribution in [3.63, 3.8) is 0 Å². The van der Waals surface area contributed by atoms with Crippen LogP contribution >= 0.6 is 0 Å². The van der Waals surface area contributed by atoms with Crippen molar-refractivity contribution in [3.8, 4) is 0 Å². The number of imidazole rings is 1. The highest BCUT2D eigenvalue weighted by Crippen LogP contribution is 2.22. The first-order chi connectivity index (χ1) is 11.6. The zero-order valence-corrected chi connectivity index (χ0v) is 13.9. The van der Waals surface area contributed by atoms with Gasteiger partial charge in [0, 0.05) is 31.9 Å². The molecule has 1 aromatic heterocycles. The summed E-state index contributed by atoms with van der Waals surface area (Å²) in [5, 5.41) is 6.23. The number of benzene rings is 1. The first-order valence-corrected chi connectivity index (χ1v) is 8.12. The molecule has 6 heteroatoms. The molecule has 0 spiro atoms. The quantitative estimate of drug-likeness (QED) is 0.865. The fraction of sp³-hybridized carbons (Fsp3) is 0.389. The maximum atomic E-state index is 12.7. The fourth-order valence-corrected chi connectivity index (χ4v) is 3.09. The summed E-state index contributed by atoms with van der Waals surface area (Å²) in [6, 6.07) is 9.10. The molecule has 0 radical (unpaired) electrons. The molecule has 6 nitrogen and oxygen atoms in total. The van der Waals surface area contributed by atoms with Gasteiger partial charge < -0.3 is 15.2 Å². The van der Waals surface area contributed by atoms with Gasteiger partial charge in [-0.1, -0.05) is 30.3 Å². The van der Waals surface area contributed by atoms with Crippen molar-refractivity contribution in [1.82, 2.24) is 20.2 Å². The van der Waals surface area contributed by atoms with Crippen molar-refractivity contribution in [2.24, 2.45) is 13.0 Å². The molecule has 2 heterocycles. The Labute approximate surface area is 141 Å². The van der Waals surface area contributed by atoms with Crippen molar-refractivity contribution in [1.29, 1.82) is 0 Å². The number of hydrogen-bond acceptors (Lipinski definition) is 4. The van der Waals surface area contributed by atoms with Crippen LogP contribution in [0.5, 0.6) is 0 Å². The maximum absolute atomic E-state index is 12.7. The van der Waals surface area contributed by atoms with Crippen molar-refractivity contribution in [2.75, 3.05) is 6.54 Å². The van der Waals surface area contributed by atoms with E-state index >= 15 is 0 Å². The topological polar surface area (TPSA) is 76.0 Å². The van der Waals surface area contributed by atoms with E-state index in [4.69, 9.17) is 0 Å². The van der Waals surface area contributed by atoms with E-state index in [-0.39, 0.29) is 29.7 Å². The lowest BCUT2D eigenvalue weighted by Crippen LogP contribution is -2.42. The van der Waals surface area contributed by atoms with Gasteiger partial charge >= 0.3 is 0 Å². The zero-order chi connectivity index (χ0) is 17.1. The van der Waals surface area contributed by atoms with Crippen LogP contribution in [0.1, 0.15) is 30.8 Å². The second-order valence-corrected chi connectivity index (χ2v) is 6.25. The lowest BCUT2D eigenvalue weighted by Gasteiger charge is -2.21. The normalized spacial score (nSPS) is 21.4. The molecule has 3 unspecified atom stereocenters. The van der Waals surface area contributed by atoms with Gasteiger partial charge in [-0.25, -0.2) is 4.98 Å². The molecular formula is C18H22N4O2. The molecular weight excluding hydrogens is 304 g/mol. The molecule has 2 aromatic rings. The minimum absolute atomic E-state index is 0.0795. The molecule has 1 aliphatic heterocycles. The summed E-state index contributed by atoms with van der Waals surface area (Å²) in [5.41, 5.74) is 0.973. The van der Waals surface area contributed by atoms with Crippen molar-refractivity contribution >= 4 is 11.7 Å². The number of ketones is 1. The molecule has 0 aliphatic carbocycles. The standard InChI is InChI=1S/C18H22N4O2/c1-12(23)14-10-15(20-11-14)18(24)21-16(13-6-4-3-5-7-13)17-19-8-9-22(17)2/h3-9,14-16,20H,10-11H2,1-2H3,(H,21,24). The van der Waals surface area contributed by atoms with Crippen LogP contribution < -0.4 is 10.6 Å². The summed E-state index contributed by atoms with van der Waals surface area (Å²) in [6.07, 6.45) is 4.12. The Morgan fingerprint density at radius 3 is 2.67 bits per heavy atom. The van der Waals surface area contributed by atoms with E-state index in [1.807, 2.05) is 48.1 Å². The van der Waals surface area contributed by atoms with Gasteiger partial charge in [-0.05, 0) is 18.9 Å². The zero-order valence-electron chi connectivity index (χ0n) is 13.9. The molecule has 2 N–H and O–H groups in total. The SMILES string of the molecule is CC(=O)C1CNC(C(=O)NC(c2ccccc2)c2nccn2C)C1. The summed E-state index contributed by atoms with van der Waals surface area (Å²) >= 11 is 0. The monoisotopic (exact) mass is 326 g/mol. The Morgan fingerprint density at radius 1 is 1.33 bits per heavy atom. The van der Waals surface area contributed by atoms with E-state index < -0.39 is 0 Å². The first-order valence-electron chi connectivity index (χ1n) is 8.12. The van der Waals surface area contributed by atoms with Crippen LogP contribution in [0.4, 0.5) is 0 Å². The molecule has 0 saturated carbocycles. The van der Waals surface area contributed by atoms with Crippen molar-refractivity contribution in [3.05, 3.63) is 54.1 Å². The molecule has 3 rings (SSSR count). The van der Waals surface area contributed by atoms with Crippen LogP contribution in [-0.2, 0) is 16.6 Å². The van der Waals surface area contributed by atoms with E-state index in [1.165, 1.54) is 0 Å². The first kappa shape index (κ1) is 16.4. The maximum Gasteiger partial charge on any atom is 0.238 e. The van der Waals surface area contributed by atoms with E-state index in [0.29, 0.717) is 13.0 Å². The average Bonchev–Trinajstić information content (AvgIpc) is 3.22. The molecule has 1 saturated heterocycles. The summed E-state index contributed by atoms with van der Waals surface area (Å²) in [5.74, 6) is 0.719. The highest BCUT2D eigenvalue weighted by molar-refractivity contribution is 5.85. The Morgan fingerprint density at radius 2 is 2.08 bits per heavy atom. The van der Waals surface area contributed by atoms with E-state index in [0.717, 1.165) is 11.4 Å². The van der Waals surface area contributed by atoms with Crippen molar-refractivity contribution in [2.45, 2.75) is 25.4 Å².